The van der Waals surface area contributed by atoms with Crippen LogP contribution < -0.4 is 4.90 Å². The van der Waals surface area contributed by atoms with Crippen molar-refractivity contribution in [3.63, 3.8) is 0 Å². The van der Waals surface area contributed by atoms with Crippen LogP contribution in [-0.2, 0) is 9.53 Å². The van der Waals surface area contributed by atoms with Gasteiger partial charge in [-0.25, -0.2) is 0 Å². The number of rotatable bonds is 7. The maximum absolute atomic E-state index is 11.7. The van der Waals surface area contributed by atoms with E-state index in [9.17, 15) is 20.0 Å². The molecule has 0 spiro atoms. The van der Waals surface area contributed by atoms with Crippen molar-refractivity contribution in [2.24, 2.45) is 0 Å². The summed E-state index contributed by atoms with van der Waals surface area (Å²) in [5, 5.41) is 22.1. The summed E-state index contributed by atoms with van der Waals surface area (Å²) in [7, 11) is 1.34. The molecule has 0 saturated carbocycles. The minimum absolute atomic E-state index is 0.0157. The van der Waals surface area contributed by atoms with Crippen molar-refractivity contribution in [3.05, 3.63) is 33.9 Å². The van der Waals surface area contributed by atoms with E-state index in [1.165, 1.54) is 7.11 Å². The zero-order valence-corrected chi connectivity index (χ0v) is 15.9. The Hall–Kier alpha value is -2.15. The molecule has 0 bridgehead atoms. The lowest BCUT2D eigenvalue weighted by Gasteiger charge is -2.35. The molecule has 1 heterocycles. The number of nitrogens with zero attached hydrogens (tertiary/aromatic N) is 2. The second-order valence-electron chi connectivity index (χ2n) is 7.40. The molecule has 7 nitrogen and oxygen atoms in total. The number of aliphatic hydroxyl groups is 1. The number of anilines is 1. The van der Waals surface area contributed by atoms with Gasteiger partial charge in [-0.3, -0.25) is 14.9 Å². The van der Waals surface area contributed by atoms with Gasteiger partial charge < -0.3 is 14.7 Å². The van der Waals surface area contributed by atoms with Gasteiger partial charge in [-0.1, -0.05) is 13.0 Å². The lowest BCUT2D eigenvalue weighted by Crippen LogP contribution is -2.46. The summed E-state index contributed by atoms with van der Waals surface area (Å²) in [6, 6.07) is 4.99. The van der Waals surface area contributed by atoms with E-state index >= 15 is 0 Å². The fraction of sp³-hybridized carbons (Fsp3) is 0.632. The van der Waals surface area contributed by atoms with Crippen molar-refractivity contribution in [3.8, 4) is 0 Å². The molecule has 1 aromatic carbocycles. The maximum Gasteiger partial charge on any atom is 0.306 e. The van der Waals surface area contributed by atoms with E-state index < -0.39 is 5.60 Å². The van der Waals surface area contributed by atoms with Crippen LogP contribution in [0.25, 0.3) is 0 Å². The number of benzene rings is 1. The van der Waals surface area contributed by atoms with Gasteiger partial charge in [-0.05, 0) is 50.7 Å². The molecule has 2 rings (SSSR count). The molecule has 1 aliphatic heterocycles. The summed E-state index contributed by atoms with van der Waals surface area (Å²) in [5.41, 5.74) is 0.352. The Kier molecular flexibility index (Phi) is 6.23. The molecule has 26 heavy (non-hydrogen) atoms. The number of nitro benzene ring substituents is 1. The smallest absolute Gasteiger partial charge is 0.306 e. The number of hydrogen-bond donors (Lipinski definition) is 1. The molecule has 1 fully saturated rings. The quantitative estimate of drug-likeness (QED) is 0.453. The minimum atomic E-state index is -0.945. The van der Waals surface area contributed by atoms with Gasteiger partial charge >= 0.3 is 5.97 Å². The van der Waals surface area contributed by atoms with Crippen LogP contribution in [0.4, 0.5) is 11.4 Å². The first-order valence-corrected chi connectivity index (χ1v) is 9.03. The molecular formula is C19H28N2O5. The van der Waals surface area contributed by atoms with Gasteiger partial charge in [0.25, 0.3) is 5.69 Å². The fourth-order valence-electron chi connectivity index (χ4n) is 3.76. The van der Waals surface area contributed by atoms with Crippen LogP contribution in [0.3, 0.4) is 0 Å². The Morgan fingerprint density at radius 2 is 2.19 bits per heavy atom. The Morgan fingerprint density at radius 1 is 1.50 bits per heavy atom. The van der Waals surface area contributed by atoms with Crippen molar-refractivity contribution in [2.75, 3.05) is 18.6 Å². The Labute approximate surface area is 154 Å². The molecule has 144 valence electrons. The predicted octanol–water partition coefficient (Wildman–Crippen LogP) is 3.39. The molecule has 1 N–H and O–H groups in total. The van der Waals surface area contributed by atoms with Crippen LogP contribution in [0.5, 0.6) is 0 Å². The number of nitro groups is 1. The minimum Gasteiger partial charge on any atom is -0.469 e. The highest BCUT2D eigenvalue weighted by Gasteiger charge is 2.38. The van der Waals surface area contributed by atoms with E-state index in [2.05, 4.69) is 0 Å². The standard InChI is InChI=1S/C19H28N2O5/c1-5-13(12-18(22)26-4)14-8-9-15(16(11-14)21(24)25)20-10-6-7-17(20)19(2,3)23/h8-9,11,13,17,23H,5-7,10,12H2,1-4H3/t13?,17-/m1/s1. The largest absolute Gasteiger partial charge is 0.469 e. The molecule has 1 unspecified atom stereocenters. The third-order valence-corrected chi connectivity index (χ3v) is 5.18. The molecule has 0 amide bonds. The molecule has 1 aromatic rings. The maximum atomic E-state index is 11.7. The summed E-state index contributed by atoms with van der Waals surface area (Å²) in [5.74, 6) is -0.455. The van der Waals surface area contributed by atoms with Crippen molar-refractivity contribution >= 4 is 17.3 Å². The van der Waals surface area contributed by atoms with Crippen molar-refractivity contribution in [1.29, 1.82) is 0 Å². The van der Waals surface area contributed by atoms with E-state index in [0.717, 1.165) is 18.4 Å². The van der Waals surface area contributed by atoms with E-state index in [1.54, 1.807) is 26.0 Å². The molecule has 7 heteroatoms. The van der Waals surface area contributed by atoms with E-state index in [4.69, 9.17) is 4.74 Å². The highest BCUT2D eigenvalue weighted by Crippen LogP contribution is 2.39. The van der Waals surface area contributed by atoms with Crippen LogP contribution in [0.15, 0.2) is 18.2 Å². The third kappa shape index (κ3) is 4.33. The summed E-state index contributed by atoms with van der Waals surface area (Å²) in [6.07, 6.45) is 2.55. The van der Waals surface area contributed by atoms with Crippen molar-refractivity contribution in [2.45, 2.75) is 64.0 Å². The van der Waals surface area contributed by atoms with Gasteiger partial charge in [0.15, 0.2) is 0 Å². The Morgan fingerprint density at radius 3 is 2.73 bits per heavy atom. The highest BCUT2D eigenvalue weighted by atomic mass is 16.6. The number of carbonyl (C=O) groups excluding carboxylic acids is 1. The van der Waals surface area contributed by atoms with E-state index in [1.807, 2.05) is 17.9 Å². The van der Waals surface area contributed by atoms with Crippen LogP contribution in [0, 0.1) is 10.1 Å². The topological polar surface area (TPSA) is 92.9 Å². The Bertz CT molecular complexity index is 668. The van der Waals surface area contributed by atoms with Gasteiger partial charge in [0.2, 0.25) is 0 Å². The molecule has 1 saturated heterocycles. The van der Waals surface area contributed by atoms with Crippen LogP contribution in [0.2, 0.25) is 0 Å². The number of carbonyl (C=O) groups is 1. The Balaban J connectivity index is 2.40. The summed E-state index contributed by atoms with van der Waals surface area (Å²) in [4.78, 5) is 24.9. The summed E-state index contributed by atoms with van der Waals surface area (Å²) in [6.45, 7) is 6.09. The van der Waals surface area contributed by atoms with Gasteiger partial charge in [0, 0.05) is 12.6 Å². The average molecular weight is 364 g/mol. The first-order valence-electron chi connectivity index (χ1n) is 9.03. The second kappa shape index (κ2) is 8.03. The average Bonchev–Trinajstić information content (AvgIpc) is 3.08. The van der Waals surface area contributed by atoms with Crippen LogP contribution in [-0.4, -0.2) is 41.3 Å². The summed E-state index contributed by atoms with van der Waals surface area (Å²) < 4.78 is 4.73. The predicted molar refractivity (Wildman–Crippen MR) is 99.4 cm³/mol. The first-order chi connectivity index (χ1) is 12.2. The van der Waals surface area contributed by atoms with E-state index in [-0.39, 0.29) is 35.0 Å². The number of ether oxygens (including phenoxy) is 1. The third-order valence-electron chi connectivity index (χ3n) is 5.18. The number of hydrogen-bond acceptors (Lipinski definition) is 6. The molecular weight excluding hydrogens is 336 g/mol. The molecule has 1 aliphatic rings. The molecule has 0 aromatic heterocycles. The molecule has 0 aliphatic carbocycles. The number of esters is 1. The van der Waals surface area contributed by atoms with Gasteiger partial charge in [-0.2, -0.15) is 0 Å². The highest BCUT2D eigenvalue weighted by molar-refractivity contribution is 5.71. The van der Waals surface area contributed by atoms with Gasteiger partial charge in [0.05, 0.1) is 30.1 Å². The number of methoxy groups -OCH3 is 1. The molecule has 0 radical (unpaired) electrons. The lowest BCUT2D eigenvalue weighted by atomic mass is 9.92. The zero-order chi connectivity index (χ0) is 19.5. The normalized spacial score (nSPS) is 18.7. The fourth-order valence-corrected chi connectivity index (χ4v) is 3.76. The second-order valence-corrected chi connectivity index (χ2v) is 7.40. The van der Waals surface area contributed by atoms with Crippen LogP contribution >= 0.6 is 0 Å². The van der Waals surface area contributed by atoms with Gasteiger partial charge in [0.1, 0.15) is 5.69 Å². The first kappa shape index (κ1) is 20.2. The van der Waals surface area contributed by atoms with Gasteiger partial charge in [-0.15, -0.1) is 0 Å². The van der Waals surface area contributed by atoms with Crippen LogP contribution in [0.1, 0.15) is 57.9 Å². The van der Waals surface area contributed by atoms with Crippen molar-refractivity contribution < 1.29 is 19.6 Å². The summed E-state index contributed by atoms with van der Waals surface area (Å²) >= 11 is 0. The SMILES string of the molecule is CCC(CC(=O)OC)c1ccc(N2CCC[C@@H]2C(C)(C)O)c([N+](=O)[O-])c1. The van der Waals surface area contributed by atoms with E-state index in [0.29, 0.717) is 18.7 Å². The van der Waals surface area contributed by atoms with Crippen molar-refractivity contribution in [1.82, 2.24) is 0 Å². The zero-order valence-electron chi connectivity index (χ0n) is 15.9. The monoisotopic (exact) mass is 364 g/mol. The molecule has 2 atom stereocenters. The lowest BCUT2D eigenvalue weighted by molar-refractivity contribution is -0.384.